The van der Waals surface area contributed by atoms with Crippen LogP contribution in [0.2, 0.25) is 0 Å². The van der Waals surface area contributed by atoms with E-state index in [1.807, 2.05) is 0 Å². The maximum Gasteiger partial charge on any atom is 0.279 e. The summed E-state index contributed by atoms with van der Waals surface area (Å²) in [6, 6.07) is 0.309. The number of carbonyl (C=O) groups excluding carboxylic acids is 1. The highest BCUT2D eigenvalue weighted by molar-refractivity contribution is 7.13. The van der Waals surface area contributed by atoms with Crippen LogP contribution in [0, 0.1) is 0 Å². The Morgan fingerprint density at radius 1 is 1.59 bits per heavy atom. The maximum atomic E-state index is 11.8. The summed E-state index contributed by atoms with van der Waals surface area (Å²) in [5.41, 5.74) is 0.312. The zero-order valence-electron chi connectivity index (χ0n) is 8.83. The SMILES string of the molecule is O=C(Nc1nccs1)c1cn(C2CNC2)nn1. The van der Waals surface area contributed by atoms with Crippen molar-refractivity contribution in [1.82, 2.24) is 25.3 Å². The Morgan fingerprint density at radius 2 is 2.47 bits per heavy atom. The van der Waals surface area contributed by atoms with Gasteiger partial charge in [-0.2, -0.15) is 0 Å². The van der Waals surface area contributed by atoms with Gasteiger partial charge in [-0.15, -0.1) is 16.4 Å². The van der Waals surface area contributed by atoms with E-state index < -0.39 is 0 Å². The second-order valence-electron chi connectivity index (χ2n) is 3.69. The fourth-order valence-corrected chi connectivity index (χ4v) is 1.99. The molecule has 2 N–H and O–H groups in total. The monoisotopic (exact) mass is 250 g/mol. The predicted octanol–water partition coefficient (Wildman–Crippen LogP) is 0.131. The summed E-state index contributed by atoms with van der Waals surface area (Å²) in [5.74, 6) is -0.279. The molecule has 1 amide bonds. The van der Waals surface area contributed by atoms with Crippen LogP contribution in [0.4, 0.5) is 5.13 Å². The van der Waals surface area contributed by atoms with Gasteiger partial charge in [0.1, 0.15) is 0 Å². The van der Waals surface area contributed by atoms with Crippen molar-refractivity contribution in [1.29, 1.82) is 0 Å². The van der Waals surface area contributed by atoms with Crippen LogP contribution in [-0.2, 0) is 0 Å². The summed E-state index contributed by atoms with van der Waals surface area (Å²) in [5, 5.41) is 16.0. The van der Waals surface area contributed by atoms with Crippen molar-refractivity contribution < 1.29 is 4.79 Å². The lowest BCUT2D eigenvalue weighted by Gasteiger charge is -2.26. The van der Waals surface area contributed by atoms with Crippen molar-refractivity contribution in [3.05, 3.63) is 23.5 Å². The molecule has 1 fully saturated rings. The maximum absolute atomic E-state index is 11.8. The van der Waals surface area contributed by atoms with Crippen molar-refractivity contribution in [3.8, 4) is 0 Å². The van der Waals surface area contributed by atoms with Crippen molar-refractivity contribution in [2.24, 2.45) is 0 Å². The minimum absolute atomic E-state index is 0.279. The lowest BCUT2D eigenvalue weighted by molar-refractivity contribution is 0.102. The first-order chi connectivity index (χ1) is 8.33. The number of anilines is 1. The van der Waals surface area contributed by atoms with Crippen LogP contribution in [0.3, 0.4) is 0 Å². The first kappa shape index (κ1) is 10.4. The first-order valence-electron chi connectivity index (χ1n) is 5.16. The molecule has 1 saturated heterocycles. The Hall–Kier alpha value is -1.80. The zero-order chi connectivity index (χ0) is 11.7. The third-order valence-corrected chi connectivity index (χ3v) is 3.22. The quantitative estimate of drug-likeness (QED) is 0.809. The fraction of sp³-hybridized carbons (Fsp3) is 0.333. The number of hydrogen-bond donors (Lipinski definition) is 2. The van der Waals surface area contributed by atoms with Gasteiger partial charge in [-0.25, -0.2) is 9.67 Å². The lowest BCUT2D eigenvalue weighted by atomic mass is 10.2. The minimum Gasteiger partial charge on any atom is -0.312 e. The van der Waals surface area contributed by atoms with Crippen LogP contribution in [0.1, 0.15) is 16.5 Å². The van der Waals surface area contributed by atoms with E-state index >= 15 is 0 Å². The summed E-state index contributed by atoms with van der Waals surface area (Å²) in [4.78, 5) is 15.8. The van der Waals surface area contributed by atoms with E-state index in [0.29, 0.717) is 16.9 Å². The number of carbonyl (C=O) groups is 1. The second-order valence-corrected chi connectivity index (χ2v) is 4.58. The van der Waals surface area contributed by atoms with E-state index in [-0.39, 0.29) is 5.91 Å². The van der Waals surface area contributed by atoms with Crippen LogP contribution in [0.5, 0.6) is 0 Å². The van der Waals surface area contributed by atoms with Gasteiger partial charge in [-0.1, -0.05) is 5.21 Å². The molecule has 88 valence electrons. The van der Waals surface area contributed by atoms with Crippen LogP contribution in [-0.4, -0.2) is 39.0 Å². The van der Waals surface area contributed by atoms with Gasteiger partial charge in [0.15, 0.2) is 10.8 Å². The molecule has 3 heterocycles. The third-order valence-electron chi connectivity index (χ3n) is 2.53. The standard InChI is InChI=1S/C9H10N6OS/c16-8(12-9-11-1-2-17-9)7-5-15(14-13-7)6-3-10-4-6/h1-2,5-6,10H,3-4H2,(H,11,12,16). The lowest BCUT2D eigenvalue weighted by Crippen LogP contribution is -2.43. The molecule has 8 heteroatoms. The van der Waals surface area contributed by atoms with E-state index in [9.17, 15) is 4.79 Å². The fourth-order valence-electron chi connectivity index (χ4n) is 1.47. The van der Waals surface area contributed by atoms with E-state index in [2.05, 4.69) is 25.9 Å². The number of amides is 1. The molecule has 7 nitrogen and oxygen atoms in total. The van der Waals surface area contributed by atoms with Gasteiger partial charge >= 0.3 is 0 Å². The summed E-state index contributed by atoms with van der Waals surface area (Å²) in [7, 11) is 0. The summed E-state index contributed by atoms with van der Waals surface area (Å²) in [6.45, 7) is 1.74. The largest absolute Gasteiger partial charge is 0.312 e. The molecule has 0 saturated carbocycles. The normalized spacial score (nSPS) is 15.5. The average Bonchev–Trinajstić information content (AvgIpc) is 2.85. The first-order valence-corrected chi connectivity index (χ1v) is 6.04. The molecule has 1 aliphatic heterocycles. The molecule has 0 unspecified atom stereocenters. The Balaban J connectivity index is 1.70. The molecular weight excluding hydrogens is 240 g/mol. The van der Waals surface area contributed by atoms with Gasteiger partial charge in [0.2, 0.25) is 0 Å². The second kappa shape index (κ2) is 4.22. The smallest absolute Gasteiger partial charge is 0.279 e. The molecule has 0 radical (unpaired) electrons. The van der Waals surface area contributed by atoms with Crippen LogP contribution in [0.25, 0.3) is 0 Å². The van der Waals surface area contributed by atoms with Gasteiger partial charge in [-0.3, -0.25) is 10.1 Å². The number of nitrogens with one attached hydrogen (secondary N) is 2. The van der Waals surface area contributed by atoms with Crippen LogP contribution in [0.15, 0.2) is 17.8 Å². The topological polar surface area (TPSA) is 84.7 Å². The van der Waals surface area contributed by atoms with Gasteiger partial charge in [0, 0.05) is 24.7 Å². The van der Waals surface area contributed by atoms with E-state index in [4.69, 9.17) is 0 Å². The highest BCUT2D eigenvalue weighted by Gasteiger charge is 2.21. The highest BCUT2D eigenvalue weighted by atomic mass is 32.1. The molecule has 2 aromatic rings. The Kier molecular flexibility index (Phi) is 2.57. The van der Waals surface area contributed by atoms with Crippen LogP contribution >= 0.6 is 11.3 Å². The molecule has 0 aromatic carbocycles. The van der Waals surface area contributed by atoms with E-state index in [1.54, 1.807) is 22.5 Å². The Bertz CT molecular complexity index is 517. The number of rotatable bonds is 3. The van der Waals surface area contributed by atoms with Crippen molar-refractivity contribution in [2.45, 2.75) is 6.04 Å². The minimum atomic E-state index is -0.279. The van der Waals surface area contributed by atoms with Crippen molar-refractivity contribution in [2.75, 3.05) is 18.4 Å². The molecule has 0 atom stereocenters. The molecule has 17 heavy (non-hydrogen) atoms. The average molecular weight is 250 g/mol. The van der Waals surface area contributed by atoms with Crippen LogP contribution < -0.4 is 10.6 Å². The summed E-state index contributed by atoms with van der Waals surface area (Å²) in [6.07, 6.45) is 3.30. The molecule has 3 rings (SSSR count). The van der Waals surface area contributed by atoms with E-state index in [1.165, 1.54) is 11.3 Å². The van der Waals surface area contributed by atoms with Crippen molar-refractivity contribution >= 4 is 22.4 Å². The number of nitrogens with zero attached hydrogens (tertiary/aromatic N) is 4. The van der Waals surface area contributed by atoms with E-state index in [0.717, 1.165) is 13.1 Å². The van der Waals surface area contributed by atoms with Gasteiger partial charge in [0.05, 0.1) is 12.2 Å². The summed E-state index contributed by atoms with van der Waals surface area (Å²) >= 11 is 1.37. The molecular formula is C9H10N6OS. The third kappa shape index (κ3) is 2.04. The number of aromatic nitrogens is 4. The predicted molar refractivity (Wildman–Crippen MR) is 62.0 cm³/mol. The zero-order valence-corrected chi connectivity index (χ0v) is 9.65. The van der Waals surface area contributed by atoms with Gasteiger partial charge < -0.3 is 5.32 Å². The highest BCUT2D eigenvalue weighted by Crippen LogP contribution is 2.13. The van der Waals surface area contributed by atoms with Crippen molar-refractivity contribution in [3.63, 3.8) is 0 Å². The summed E-state index contributed by atoms with van der Waals surface area (Å²) < 4.78 is 1.72. The molecule has 2 aromatic heterocycles. The number of hydrogen-bond acceptors (Lipinski definition) is 6. The molecule has 0 spiro atoms. The van der Waals surface area contributed by atoms with Gasteiger partial charge in [0.25, 0.3) is 5.91 Å². The molecule has 1 aliphatic rings. The van der Waals surface area contributed by atoms with Gasteiger partial charge in [-0.05, 0) is 0 Å². The molecule has 0 bridgehead atoms. The molecule has 0 aliphatic carbocycles. The Labute approximate surface area is 101 Å². The number of thiazole rings is 1. The Morgan fingerprint density at radius 3 is 3.12 bits per heavy atom.